The molecule has 4 rings (SSSR count). The molecule has 0 aliphatic heterocycles. The first-order chi connectivity index (χ1) is 17.4. The van der Waals surface area contributed by atoms with E-state index in [9.17, 15) is 17.6 Å². The zero-order valence-electron chi connectivity index (χ0n) is 19.4. The van der Waals surface area contributed by atoms with Crippen LogP contribution in [0, 0.1) is 12.7 Å². The average Bonchev–Trinajstić information content (AvgIpc) is 3.35. The fraction of sp³-hybridized carbons (Fsp3) is 0.250. The summed E-state index contributed by atoms with van der Waals surface area (Å²) in [6, 6.07) is 10.7. The van der Waals surface area contributed by atoms with Crippen LogP contribution in [-0.2, 0) is 22.8 Å². The number of aryl methyl sites for hydroxylation is 1. The summed E-state index contributed by atoms with van der Waals surface area (Å²) in [5, 5.41) is 10.6. The van der Waals surface area contributed by atoms with Gasteiger partial charge in [0.05, 0.1) is 6.54 Å². The molecule has 2 aromatic carbocycles. The summed E-state index contributed by atoms with van der Waals surface area (Å²) in [5.74, 6) is -4.81. The minimum Gasteiger partial charge on any atom is -0.406 e. The highest BCUT2D eigenvalue weighted by atomic mass is 19.4. The Hall–Kier alpha value is -4.00. The fourth-order valence-electron chi connectivity index (χ4n) is 4.02. The van der Waals surface area contributed by atoms with Gasteiger partial charge in [-0.3, -0.25) is 4.98 Å². The molecule has 0 saturated carbocycles. The molecule has 4 aromatic rings. The first-order valence-corrected chi connectivity index (χ1v) is 10.7. The third-order valence-electron chi connectivity index (χ3n) is 5.76. The molecule has 37 heavy (non-hydrogen) atoms. The maximum Gasteiger partial charge on any atom is 0.573 e. The largest absolute Gasteiger partial charge is 0.573 e. The number of halogens is 6. The molecule has 2 aromatic heterocycles. The lowest BCUT2D eigenvalue weighted by Crippen LogP contribution is -2.49. The molecule has 7 nitrogen and oxygen atoms in total. The van der Waals surface area contributed by atoms with E-state index in [0.717, 1.165) is 54.6 Å². The van der Waals surface area contributed by atoms with Gasteiger partial charge in [0.1, 0.15) is 23.6 Å². The summed E-state index contributed by atoms with van der Waals surface area (Å²) in [6.07, 6.45) is -2.53. The molecule has 0 spiro atoms. The van der Waals surface area contributed by atoms with Gasteiger partial charge in [-0.15, -0.1) is 18.3 Å². The van der Waals surface area contributed by atoms with Gasteiger partial charge in [-0.1, -0.05) is 24.3 Å². The van der Waals surface area contributed by atoms with E-state index in [1.54, 1.807) is 0 Å². The van der Waals surface area contributed by atoms with Crippen molar-refractivity contribution >= 4 is 0 Å². The highest BCUT2D eigenvalue weighted by Gasteiger charge is 2.59. The minimum absolute atomic E-state index is 0.00281. The number of hydrogen-bond donors (Lipinski definition) is 0. The molecule has 0 amide bonds. The van der Waals surface area contributed by atoms with Gasteiger partial charge in [-0.05, 0) is 64.4 Å². The van der Waals surface area contributed by atoms with Crippen molar-refractivity contribution in [3.8, 4) is 16.9 Å². The molecule has 0 saturated heterocycles. The predicted octanol–water partition coefficient (Wildman–Crippen LogP) is 5.42. The SMILES string of the molecule is CO[C@](Cn1cnnn1)(c1ccc(F)cc1C)C(F)(F)c1ccc(-c2ccc(OC(F)(F)F)cc2)cn1. The summed E-state index contributed by atoms with van der Waals surface area (Å²) < 4.78 is 93.9. The first-order valence-electron chi connectivity index (χ1n) is 10.7. The second kappa shape index (κ2) is 9.81. The summed E-state index contributed by atoms with van der Waals surface area (Å²) in [5.41, 5.74) is -2.02. The number of pyridine rings is 1. The van der Waals surface area contributed by atoms with Crippen molar-refractivity contribution in [2.24, 2.45) is 0 Å². The van der Waals surface area contributed by atoms with Crippen molar-refractivity contribution in [1.29, 1.82) is 0 Å². The third-order valence-corrected chi connectivity index (χ3v) is 5.76. The Kier molecular flexibility index (Phi) is 6.91. The Morgan fingerprint density at radius 2 is 1.62 bits per heavy atom. The fourth-order valence-corrected chi connectivity index (χ4v) is 4.02. The van der Waals surface area contributed by atoms with Crippen molar-refractivity contribution in [3.63, 3.8) is 0 Å². The van der Waals surface area contributed by atoms with E-state index >= 15 is 8.78 Å². The van der Waals surface area contributed by atoms with Crippen molar-refractivity contribution in [3.05, 3.63) is 89.8 Å². The number of nitrogens with zero attached hydrogens (tertiary/aromatic N) is 5. The Labute approximate surface area is 206 Å². The van der Waals surface area contributed by atoms with Crippen LogP contribution in [0.1, 0.15) is 16.8 Å². The summed E-state index contributed by atoms with van der Waals surface area (Å²) in [7, 11) is 1.10. The maximum absolute atomic E-state index is 16.3. The first kappa shape index (κ1) is 26.1. The molecule has 0 radical (unpaired) electrons. The van der Waals surface area contributed by atoms with Crippen LogP contribution in [0.3, 0.4) is 0 Å². The molecule has 1 atom stereocenters. The normalized spacial score (nSPS) is 13.8. The van der Waals surface area contributed by atoms with Crippen LogP contribution in [0.4, 0.5) is 26.3 Å². The molecule has 194 valence electrons. The lowest BCUT2D eigenvalue weighted by Gasteiger charge is -2.39. The average molecular weight is 523 g/mol. The standard InChI is InChI=1S/C24H19F6N5O2/c1-15-11-18(25)6-9-20(15)22(36-2,13-35-14-32-33-34-35)23(26,27)21-10-5-17(12-31-21)16-3-7-19(8-4-16)37-24(28,29)30/h3-12,14H,13H2,1-2H3/t22-/m1/s1. The smallest absolute Gasteiger partial charge is 0.406 e. The second-order valence-corrected chi connectivity index (χ2v) is 8.08. The van der Waals surface area contributed by atoms with Crippen LogP contribution < -0.4 is 4.74 Å². The highest BCUT2D eigenvalue weighted by Crippen LogP contribution is 2.49. The number of tetrazole rings is 1. The Balaban J connectivity index is 1.72. The van der Waals surface area contributed by atoms with E-state index in [1.165, 1.54) is 31.2 Å². The second-order valence-electron chi connectivity index (χ2n) is 8.08. The quantitative estimate of drug-likeness (QED) is 0.288. The van der Waals surface area contributed by atoms with Gasteiger partial charge in [0.25, 0.3) is 0 Å². The van der Waals surface area contributed by atoms with E-state index in [0.29, 0.717) is 11.1 Å². The molecule has 0 N–H and O–H groups in total. The van der Waals surface area contributed by atoms with E-state index in [2.05, 4.69) is 25.2 Å². The number of aromatic nitrogens is 5. The van der Waals surface area contributed by atoms with Crippen molar-refractivity contribution in [1.82, 2.24) is 25.2 Å². The Bertz CT molecular complexity index is 1350. The molecule has 0 bridgehead atoms. The molecular weight excluding hydrogens is 504 g/mol. The number of ether oxygens (including phenoxy) is 2. The van der Waals surface area contributed by atoms with E-state index in [-0.39, 0.29) is 11.1 Å². The lowest BCUT2D eigenvalue weighted by molar-refractivity contribution is -0.274. The number of rotatable bonds is 8. The monoisotopic (exact) mass is 523 g/mol. The minimum atomic E-state index is -4.84. The third kappa shape index (κ3) is 5.26. The number of methoxy groups -OCH3 is 1. The molecule has 0 aliphatic carbocycles. The molecule has 0 aliphatic rings. The zero-order chi connectivity index (χ0) is 26.8. The van der Waals surface area contributed by atoms with Gasteiger partial charge < -0.3 is 9.47 Å². The molecule has 13 heteroatoms. The molecular formula is C24H19F6N5O2. The number of hydrogen-bond acceptors (Lipinski definition) is 6. The predicted molar refractivity (Wildman–Crippen MR) is 118 cm³/mol. The van der Waals surface area contributed by atoms with Gasteiger partial charge in [0.2, 0.25) is 0 Å². The maximum atomic E-state index is 16.3. The van der Waals surface area contributed by atoms with Gasteiger partial charge in [-0.2, -0.15) is 8.78 Å². The highest BCUT2D eigenvalue weighted by molar-refractivity contribution is 5.63. The number of benzene rings is 2. The van der Waals surface area contributed by atoms with Crippen LogP contribution in [0.25, 0.3) is 11.1 Å². The van der Waals surface area contributed by atoms with Gasteiger partial charge in [0, 0.05) is 18.9 Å². The van der Waals surface area contributed by atoms with Crippen LogP contribution in [-0.4, -0.2) is 38.7 Å². The summed E-state index contributed by atoms with van der Waals surface area (Å²) in [4.78, 5) is 3.95. The zero-order valence-corrected chi connectivity index (χ0v) is 19.4. The molecule has 0 unspecified atom stereocenters. The lowest BCUT2D eigenvalue weighted by atomic mass is 9.82. The van der Waals surface area contributed by atoms with Gasteiger partial charge >= 0.3 is 12.3 Å². The van der Waals surface area contributed by atoms with Crippen molar-refractivity contribution in [2.75, 3.05) is 7.11 Å². The van der Waals surface area contributed by atoms with E-state index in [1.807, 2.05) is 0 Å². The van der Waals surface area contributed by atoms with Gasteiger partial charge in [-0.25, -0.2) is 9.07 Å². The van der Waals surface area contributed by atoms with Crippen LogP contribution in [0.2, 0.25) is 0 Å². The Morgan fingerprint density at radius 1 is 0.919 bits per heavy atom. The summed E-state index contributed by atoms with van der Waals surface area (Å²) >= 11 is 0. The van der Waals surface area contributed by atoms with E-state index < -0.39 is 41.7 Å². The van der Waals surface area contributed by atoms with Crippen molar-refractivity contribution in [2.45, 2.75) is 31.4 Å². The Morgan fingerprint density at radius 3 is 2.16 bits per heavy atom. The topological polar surface area (TPSA) is 75.0 Å². The summed E-state index contributed by atoms with van der Waals surface area (Å²) in [6.45, 7) is 0.949. The van der Waals surface area contributed by atoms with E-state index in [4.69, 9.17) is 4.74 Å². The van der Waals surface area contributed by atoms with Gasteiger partial charge in [0.15, 0.2) is 5.60 Å². The van der Waals surface area contributed by atoms with Crippen molar-refractivity contribution < 1.29 is 35.8 Å². The number of alkyl halides is 5. The van der Waals surface area contributed by atoms with Crippen LogP contribution >= 0.6 is 0 Å². The van der Waals surface area contributed by atoms with Crippen LogP contribution in [0.5, 0.6) is 5.75 Å². The molecule has 0 fully saturated rings. The molecule has 2 heterocycles. The van der Waals surface area contributed by atoms with Crippen LogP contribution in [0.15, 0.2) is 67.1 Å².